The van der Waals surface area contributed by atoms with Crippen molar-refractivity contribution in [1.29, 1.82) is 0 Å². The van der Waals surface area contributed by atoms with Gasteiger partial charge in [-0.05, 0) is 44.7 Å². The molecule has 2 nitrogen and oxygen atoms in total. The molecule has 1 aromatic rings. The molecule has 16 heavy (non-hydrogen) atoms. The van der Waals surface area contributed by atoms with Gasteiger partial charge >= 0.3 is 0 Å². The summed E-state index contributed by atoms with van der Waals surface area (Å²) < 4.78 is 0. The number of nitrogens with zero attached hydrogens (tertiary/aromatic N) is 1. The Morgan fingerprint density at radius 3 is 2.69 bits per heavy atom. The van der Waals surface area contributed by atoms with Crippen LogP contribution in [0.5, 0.6) is 0 Å². The van der Waals surface area contributed by atoms with Crippen molar-refractivity contribution >= 4 is 11.3 Å². The van der Waals surface area contributed by atoms with E-state index in [-0.39, 0.29) is 0 Å². The molecule has 0 aliphatic heterocycles. The Labute approximate surface area is 103 Å². The van der Waals surface area contributed by atoms with Crippen LogP contribution in [0.3, 0.4) is 0 Å². The molecule has 2 unspecified atom stereocenters. The zero-order chi connectivity index (χ0) is 12.0. The topological polar surface area (TPSA) is 24.9 Å². The van der Waals surface area contributed by atoms with Crippen LogP contribution in [-0.4, -0.2) is 18.1 Å². The van der Waals surface area contributed by atoms with E-state index in [2.05, 4.69) is 43.4 Å². The number of rotatable bonds is 7. The van der Waals surface area contributed by atoms with E-state index >= 15 is 0 Å². The maximum absolute atomic E-state index is 4.53. The lowest BCUT2D eigenvalue weighted by atomic mass is 9.92. The lowest BCUT2D eigenvalue weighted by Gasteiger charge is -2.19. The van der Waals surface area contributed by atoms with Crippen molar-refractivity contribution in [2.75, 3.05) is 13.1 Å². The molecule has 0 aliphatic rings. The molecule has 0 fully saturated rings. The van der Waals surface area contributed by atoms with Gasteiger partial charge in [-0.1, -0.05) is 20.8 Å². The van der Waals surface area contributed by atoms with Gasteiger partial charge in [-0.15, -0.1) is 11.3 Å². The number of aryl methyl sites for hydroxylation is 1. The predicted molar refractivity (Wildman–Crippen MR) is 72.0 cm³/mol. The molecule has 0 saturated heterocycles. The molecule has 0 aromatic carbocycles. The summed E-state index contributed by atoms with van der Waals surface area (Å²) in [5.74, 6) is 1.42. The Hall–Kier alpha value is -0.410. The van der Waals surface area contributed by atoms with E-state index < -0.39 is 0 Å². The summed E-state index contributed by atoms with van der Waals surface area (Å²) in [5.41, 5.74) is 1.26. The largest absolute Gasteiger partial charge is 0.316 e. The highest BCUT2D eigenvalue weighted by atomic mass is 32.1. The molecule has 1 N–H and O–H groups in total. The first kappa shape index (κ1) is 13.7. The molecular formula is C13H24N2S. The monoisotopic (exact) mass is 240 g/mol. The quantitative estimate of drug-likeness (QED) is 0.740. The Kier molecular flexibility index (Phi) is 5.99. The Bertz CT molecular complexity index is 296. The number of aromatic nitrogens is 1. The van der Waals surface area contributed by atoms with E-state index in [4.69, 9.17) is 0 Å². The van der Waals surface area contributed by atoms with Crippen LogP contribution in [0.2, 0.25) is 0 Å². The van der Waals surface area contributed by atoms with Gasteiger partial charge in [0.25, 0.3) is 0 Å². The fourth-order valence-electron chi connectivity index (χ4n) is 1.74. The standard InChI is InChI=1S/C13H24N2S/c1-5-6-14-8-11(3)10(2)7-13-9-16-12(4)15-13/h9-11,14H,5-8H2,1-4H3. The summed E-state index contributed by atoms with van der Waals surface area (Å²) in [5, 5.41) is 6.86. The lowest BCUT2D eigenvalue weighted by molar-refractivity contribution is 0.363. The highest BCUT2D eigenvalue weighted by Crippen LogP contribution is 2.18. The number of thiazole rings is 1. The first-order valence-electron chi connectivity index (χ1n) is 6.25. The predicted octanol–water partition coefficient (Wildman–Crippen LogP) is 3.27. The number of hydrogen-bond acceptors (Lipinski definition) is 3. The van der Waals surface area contributed by atoms with Crippen LogP contribution in [-0.2, 0) is 6.42 Å². The van der Waals surface area contributed by atoms with Gasteiger partial charge in [0.05, 0.1) is 10.7 Å². The molecule has 2 atom stereocenters. The summed E-state index contributed by atoms with van der Waals surface area (Å²) in [7, 11) is 0. The van der Waals surface area contributed by atoms with Crippen molar-refractivity contribution in [3.63, 3.8) is 0 Å². The van der Waals surface area contributed by atoms with Gasteiger partial charge in [-0.25, -0.2) is 4.98 Å². The van der Waals surface area contributed by atoms with Gasteiger partial charge in [-0.3, -0.25) is 0 Å². The van der Waals surface area contributed by atoms with Crippen LogP contribution in [0.4, 0.5) is 0 Å². The number of nitrogens with one attached hydrogen (secondary N) is 1. The molecule has 0 aliphatic carbocycles. The van der Waals surface area contributed by atoms with Gasteiger partial charge in [0, 0.05) is 5.38 Å². The third-order valence-corrected chi connectivity index (χ3v) is 3.88. The number of hydrogen-bond donors (Lipinski definition) is 1. The molecule has 92 valence electrons. The molecule has 1 rings (SSSR count). The van der Waals surface area contributed by atoms with Crippen molar-refractivity contribution in [3.8, 4) is 0 Å². The minimum absolute atomic E-state index is 0.700. The molecule has 0 spiro atoms. The third-order valence-electron chi connectivity index (χ3n) is 3.06. The SMILES string of the molecule is CCCNCC(C)C(C)Cc1csc(C)n1. The summed E-state index contributed by atoms with van der Waals surface area (Å²) in [6.07, 6.45) is 2.33. The van der Waals surface area contributed by atoms with Crippen LogP contribution in [0.1, 0.15) is 37.9 Å². The normalized spacial score (nSPS) is 15.0. The van der Waals surface area contributed by atoms with E-state index in [1.807, 2.05) is 0 Å². The van der Waals surface area contributed by atoms with E-state index in [0.717, 1.165) is 19.5 Å². The minimum atomic E-state index is 0.700. The lowest BCUT2D eigenvalue weighted by Crippen LogP contribution is -2.26. The molecule has 1 aromatic heterocycles. The molecule has 3 heteroatoms. The first-order chi connectivity index (χ1) is 7.63. The van der Waals surface area contributed by atoms with Gasteiger partial charge in [-0.2, -0.15) is 0 Å². The average Bonchev–Trinajstić information content (AvgIpc) is 2.64. The van der Waals surface area contributed by atoms with Crippen LogP contribution in [0, 0.1) is 18.8 Å². The van der Waals surface area contributed by atoms with E-state index in [9.17, 15) is 0 Å². The van der Waals surface area contributed by atoms with E-state index in [0.29, 0.717) is 11.8 Å². The van der Waals surface area contributed by atoms with Crippen molar-refractivity contribution in [2.45, 2.75) is 40.5 Å². The summed E-state index contributed by atoms with van der Waals surface area (Å²) >= 11 is 1.75. The fraction of sp³-hybridized carbons (Fsp3) is 0.769. The summed E-state index contributed by atoms with van der Waals surface area (Å²) in [6, 6.07) is 0. The maximum Gasteiger partial charge on any atom is 0.0897 e. The Morgan fingerprint density at radius 2 is 2.12 bits per heavy atom. The van der Waals surface area contributed by atoms with Gasteiger partial charge in [0.2, 0.25) is 0 Å². The second kappa shape index (κ2) is 7.02. The van der Waals surface area contributed by atoms with E-state index in [1.165, 1.54) is 17.1 Å². The molecule has 0 amide bonds. The van der Waals surface area contributed by atoms with Crippen molar-refractivity contribution in [1.82, 2.24) is 10.3 Å². The molecule has 0 bridgehead atoms. The highest BCUT2D eigenvalue weighted by Gasteiger charge is 2.13. The fourth-order valence-corrected chi connectivity index (χ4v) is 2.37. The molecule has 0 radical (unpaired) electrons. The third kappa shape index (κ3) is 4.62. The zero-order valence-electron chi connectivity index (χ0n) is 10.9. The summed E-state index contributed by atoms with van der Waals surface area (Å²) in [4.78, 5) is 4.53. The van der Waals surface area contributed by atoms with Gasteiger partial charge < -0.3 is 5.32 Å². The second-order valence-corrected chi connectivity index (χ2v) is 5.78. The van der Waals surface area contributed by atoms with Crippen LogP contribution in [0.15, 0.2) is 5.38 Å². The van der Waals surface area contributed by atoms with E-state index in [1.54, 1.807) is 11.3 Å². The minimum Gasteiger partial charge on any atom is -0.316 e. The van der Waals surface area contributed by atoms with Gasteiger partial charge in [0.1, 0.15) is 0 Å². The van der Waals surface area contributed by atoms with Crippen molar-refractivity contribution in [2.24, 2.45) is 11.8 Å². The Balaban J connectivity index is 2.30. The first-order valence-corrected chi connectivity index (χ1v) is 7.13. The molecule has 0 saturated carbocycles. The molecule has 1 heterocycles. The highest BCUT2D eigenvalue weighted by molar-refractivity contribution is 7.09. The van der Waals surface area contributed by atoms with Gasteiger partial charge in [0.15, 0.2) is 0 Å². The zero-order valence-corrected chi connectivity index (χ0v) is 11.7. The van der Waals surface area contributed by atoms with Crippen LogP contribution in [0.25, 0.3) is 0 Å². The summed E-state index contributed by atoms with van der Waals surface area (Å²) in [6.45, 7) is 11.2. The van der Waals surface area contributed by atoms with Crippen molar-refractivity contribution < 1.29 is 0 Å². The van der Waals surface area contributed by atoms with Crippen molar-refractivity contribution in [3.05, 3.63) is 16.1 Å². The average molecular weight is 240 g/mol. The van der Waals surface area contributed by atoms with Crippen LogP contribution < -0.4 is 5.32 Å². The maximum atomic E-state index is 4.53. The molecular weight excluding hydrogens is 216 g/mol. The Morgan fingerprint density at radius 1 is 1.38 bits per heavy atom. The van der Waals surface area contributed by atoms with Crippen LogP contribution >= 0.6 is 11.3 Å². The smallest absolute Gasteiger partial charge is 0.0897 e. The second-order valence-electron chi connectivity index (χ2n) is 4.72.